The first kappa shape index (κ1) is 56.2. The SMILES string of the molecule is O=S(=O)([O-])[O-].O=S(=O)([O-])[O-].O=S(=O)([O-])[O-].O=S([O-])O.[Fe+2].[Fe+2].[NH4+].[NH4+].[Na+]. The van der Waals surface area contributed by atoms with Crippen LogP contribution in [0.2, 0.25) is 0 Å². The maximum absolute atomic E-state index is 8.56. The summed E-state index contributed by atoms with van der Waals surface area (Å²) in [6.07, 6.45) is 0. The fraction of sp³-hybridized carbons (Fsp3) is 0. The fourth-order valence-corrected chi connectivity index (χ4v) is 0. The van der Waals surface area contributed by atoms with E-state index in [4.69, 9.17) is 65.9 Å². The molecule has 0 rings (SSSR count). The van der Waals surface area contributed by atoms with Crippen LogP contribution in [0.3, 0.4) is 0 Å². The Morgan fingerprint density at radius 2 is 0.625 bits per heavy atom. The van der Waals surface area contributed by atoms with Crippen LogP contribution in [0.15, 0.2) is 0 Å². The quantitative estimate of drug-likeness (QED) is 0.111. The summed E-state index contributed by atoms with van der Waals surface area (Å²) < 4.78 is 126. The molecular formula is H9Fe2N2NaO15S4. The zero-order chi connectivity index (χ0) is 17.1. The maximum atomic E-state index is 8.56. The predicted molar refractivity (Wildman–Crippen MR) is 54.9 cm³/mol. The molecule has 24 heavy (non-hydrogen) atoms. The molecule has 0 amide bonds. The Hall–Kier alpha value is 1.64. The van der Waals surface area contributed by atoms with E-state index in [1.807, 2.05) is 0 Å². The van der Waals surface area contributed by atoms with Crippen molar-refractivity contribution >= 4 is 42.6 Å². The van der Waals surface area contributed by atoms with Gasteiger partial charge >= 0.3 is 63.7 Å². The van der Waals surface area contributed by atoms with Crippen LogP contribution in [-0.2, 0) is 76.7 Å². The van der Waals surface area contributed by atoms with Gasteiger partial charge in [-0.2, -0.15) is 0 Å². The van der Waals surface area contributed by atoms with Crippen LogP contribution in [0.4, 0.5) is 0 Å². The molecule has 0 aliphatic carbocycles. The van der Waals surface area contributed by atoms with E-state index in [-0.39, 0.29) is 76.0 Å². The van der Waals surface area contributed by atoms with Gasteiger partial charge in [-0.3, -0.25) is 25.3 Å². The summed E-state index contributed by atoms with van der Waals surface area (Å²) in [6.45, 7) is 0. The first-order valence-corrected chi connectivity index (χ1v) is 7.55. The van der Waals surface area contributed by atoms with Crippen molar-refractivity contribution in [1.29, 1.82) is 0 Å². The summed E-state index contributed by atoms with van der Waals surface area (Å²) in [5.41, 5.74) is 0. The summed E-state index contributed by atoms with van der Waals surface area (Å²) in [7, 11) is -15.5. The van der Waals surface area contributed by atoms with Gasteiger partial charge in [0.1, 0.15) is 0 Å². The van der Waals surface area contributed by atoms with Crippen molar-refractivity contribution in [2.24, 2.45) is 0 Å². The molecule has 0 heterocycles. The van der Waals surface area contributed by atoms with Crippen molar-refractivity contribution < 1.29 is 130 Å². The summed E-state index contributed by atoms with van der Waals surface area (Å²) >= 11 is -2.86. The van der Waals surface area contributed by atoms with Gasteiger partial charge in [0, 0.05) is 31.2 Å². The number of rotatable bonds is 0. The van der Waals surface area contributed by atoms with Crippen LogP contribution >= 0.6 is 0 Å². The summed E-state index contributed by atoms with van der Waals surface area (Å²) in [6, 6.07) is 0. The van der Waals surface area contributed by atoms with Crippen LogP contribution < -0.4 is 41.9 Å². The van der Waals surface area contributed by atoms with E-state index in [0.717, 1.165) is 0 Å². The molecule has 0 aliphatic rings. The van der Waals surface area contributed by atoms with Gasteiger partial charge in [0.15, 0.2) is 0 Å². The van der Waals surface area contributed by atoms with Gasteiger partial charge in [-0.25, -0.2) is 4.21 Å². The molecule has 0 radical (unpaired) electrons. The van der Waals surface area contributed by atoms with Crippen LogP contribution in [0.1, 0.15) is 0 Å². The molecule has 1 unspecified atom stereocenters. The van der Waals surface area contributed by atoms with Gasteiger partial charge < -0.3 is 48.7 Å². The normalized spacial score (nSPS) is 9.83. The molecule has 0 spiro atoms. The van der Waals surface area contributed by atoms with E-state index in [9.17, 15) is 0 Å². The zero-order valence-electron chi connectivity index (χ0n) is 11.5. The second-order valence-electron chi connectivity index (χ2n) is 1.44. The number of hydrogen-bond donors (Lipinski definition) is 3. The second kappa shape index (κ2) is 26.9. The van der Waals surface area contributed by atoms with Gasteiger partial charge in [-0.15, -0.1) is 0 Å². The Bertz CT molecular complexity index is 437. The van der Waals surface area contributed by atoms with E-state index in [0.29, 0.717) is 0 Å². The molecule has 0 bridgehead atoms. The average molecular weight is 540 g/mol. The molecule has 0 aromatic heterocycles. The third-order valence-electron chi connectivity index (χ3n) is 0. The number of quaternary nitrogens is 2. The van der Waals surface area contributed by atoms with Crippen molar-refractivity contribution in [3.8, 4) is 0 Å². The monoisotopic (exact) mass is 540 g/mol. The molecular weight excluding hydrogens is 531 g/mol. The molecule has 0 fully saturated rings. The van der Waals surface area contributed by atoms with Crippen LogP contribution in [0, 0.1) is 0 Å². The van der Waals surface area contributed by atoms with Gasteiger partial charge in [0.05, 0.1) is 11.4 Å². The first-order chi connectivity index (χ1) is 7.73. The first-order valence-electron chi connectivity index (χ1n) is 2.52. The summed E-state index contributed by atoms with van der Waals surface area (Å²) in [5, 5.41) is 0. The second-order valence-corrected chi connectivity index (χ2v) is 4.33. The largest absolute Gasteiger partial charge is 2.00 e. The standard InChI is InChI=1S/2Fe.2H3N.Na.3H2O4S.H2O3S/c;;;;;3*1-5(2,3)4;1-4(2)3/h;;2*1H3;;3*(H2,1,2,3,4);(H2,1,2,3)/q2*+2;;;+1;;;;/p-5. The van der Waals surface area contributed by atoms with Crippen molar-refractivity contribution in [3.05, 3.63) is 0 Å². The Kier molecular flexibility index (Phi) is 62.9. The smallest absolute Gasteiger partial charge is 0.759 e. The molecule has 0 saturated heterocycles. The Labute approximate surface area is 183 Å². The van der Waals surface area contributed by atoms with Gasteiger partial charge in [0.2, 0.25) is 0 Å². The number of hydrogen-bond acceptors (Lipinski definition) is 14. The van der Waals surface area contributed by atoms with E-state index < -0.39 is 42.6 Å². The topological polar surface area (TPSA) is 374 Å². The minimum atomic E-state index is -5.17. The van der Waals surface area contributed by atoms with Crippen LogP contribution in [-0.4, -0.2) is 65.9 Å². The van der Waals surface area contributed by atoms with Crippen molar-refractivity contribution in [1.82, 2.24) is 12.3 Å². The molecule has 17 nitrogen and oxygen atoms in total. The molecule has 150 valence electrons. The van der Waals surface area contributed by atoms with Crippen LogP contribution in [0.25, 0.3) is 0 Å². The minimum absolute atomic E-state index is 0. The van der Waals surface area contributed by atoms with Crippen molar-refractivity contribution in [2.75, 3.05) is 0 Å². The van der Waals surface area contributed by atoms with E-state index in [2.05, 4.69) is 0 Å². The molecule has 0 aliphatic heterocycles. The molecule has 9 N–H and O–H groups in total. The predicted octanol–water partition coefficient (Wildman–Crippen LogP) is -6.92. The van der Waals surface area contributed by atoms with Crippen molar-refractivity contribution in [3.63, 3.8) is 0 Å². The van der Waals surface area contributed by atoms with Gasteiger partial charge in [-0.1, -0.05) is 0 Å². The zero-order valence-corrected chi connectivity index (χ0v) is 19.0. The molecule has 0 aromatic rings. The molecule has 24 heteroatoms. The molecule has 0 saturated carbocycles. The molecule has 1 atom stereocenters. The van der Waals surface area contributed by atoms with Crippen molar-refractivity contribution in [2.45, 2.75) is 0 Å². The average Bonchev–Trinajstić information content (AvgIpc) is 1.66. The minimum Gasteiger partial charge on any atom is -0.759 e. The third kappa shape index (κ3) is 4510. The van der Waals surface area contributed by atoms with Crippen LogP contribution in [0.5, 0.6) is 0 Å². The Morgan fingerprint density at radius 1 is 0.625 bits per heavy atom. The van der Waals surface area contributed by atoms with E-state index in [1.165, 1.54) is 0 Å². The summed E-state index contributed by atoms with van der Waals surface area (Å²) in [5.74, 6) is 0. The van der Waals surface area contributed by atoms with E-state index >= 15 is 0 Å². The third-order valence-corrected chi connectivity index (χ3v) is 0. The maximum Gasteiger partial charge on any atom is 2.00 e. The Morgan fingerprint density at radius 3 is 0.625 bits per heavy atom. The fourth-order valence-electron chi connectivity index (χ4n) is 0. The Balaban J connectivity index is -0.0000000167. The van der Waals surface area contributed by atoms with Gasteiger partial charge in [-0.05, 0) is 0 Å². The molecule has 0 aromatic carbocycles. The van der Waals surface area contributed by atoms with Gasteiger partial charge in [0.25, 0.3) is 0 Å². The summed E-state index contributed by atoms with van der Waals surface area (Å²) in [4.78, 5) is 0. The van der Waals surface area contributed by atoms with E-state index in [1.54, 1.807) is 0 Å².